The normalized spacial score (nSPS) is 10.7. The molecule has 0 bridgehead atoms. The molecule has 3 nitrogen and oxygen atoms in total. The van der Waals surface area contributed by atoms with E-state index in [9.17, 15) is 9.18 Å². The number of halogens is 1. The second-order valence-electron chi connectivity index (χ2n) is 5.02. The molecule has 0 aliphatic heterocycles. The van der Waals surface area contributed by atoms with E-state index < -0.39 is 0 Å². The largest absolute Gasteiger partial charge is 0.492 e. The van der Waals surface area contributed by atoms with Crippen LogP contribution in [0.25, 0.3) is 6.08 Å². The summed E-state index contributed by atoms with van der Waals surface area (Å²) in [6.45, 7) is 2.93. The Morgan fingerprint density at radius 2 is 1.83 bits per heavy atom. The molecular weight excluding hydrogens is 293 g/mol. The molecule has 0 heterocycles. The van der Waals surface area contributed by atoms with Gasteiger partial charge in [0.1, 0.15) is 18.2 Å². The van der Waals surface area contributed by atoms with Gasteiger partial charge in [-0.15, -0.1) is 0 Å². The number of benzene rings is 2. The first-order chi connectivity index (χ1) is 11.2. The topological polar surface area (TPSA) is 38.3 Å². The van der Waals surface area contributed by atoms with Gasteiger partial charge in [0.25, 0.3) is 0 Å². The molecule has 0 aliphatic carbocycles. The van der Waals surface area contributed by atoms with Gasteiger partial charge in [-0.05, 0) is 47.9 Å². The summed E-state index contributed by atoms with van der Waals surface area (Å²) in [6, 6.07) is 13.8. The van der Waals surface area contributed by atoms with Crippen molar-refractivity contribution in [1.29, 1.82) is 0 Å². The van der Waals surface area contributed by atoms with Gasteiger partial charge in [-0.1, -0.05) is 31.2 Å². The molecule has 0 atom stereocenters. The van der Waals surface area contributed by atoms with Crippen LogP contribution in [-0.4, -0.2) is 19.1 Å². The van der Waals surface area contributed by atoms with E-state index in [0.717, 1.165) is 17.7 Å². The maximum absolute atomic E-state index is 12.8. The number of aryl methyl sites for hydroxylation is 1. The number of hydrogen-bond acceptors (Lipinski definition) is 2. The molecule has 23 heavy (non-hydrogen) atoms. The number of hydrogen-bond donors (Lipinski definition) is 1. The van der Waals surface area contributed by atoms with Gasteiger partial charge < -0.3 is 10.1 Å². The molecule has 2 aromatic carbocycles. The minimum Gasteiger partial charge on any atom is -0.492 e. The summed E-state index contributed by atoms with van der Waals surface area (Å²) in [5, 5.41) is 2.73. The van der Waals surface area contributed by atoms with Gasteiger partial charge in [0, 0.05) is 6.08 Å². The smallest absolute Gasteiger partial charge is 0.244 e. The standard InChI is InChI=1S/C19H20FNO2/c1-2-15-5-10-18(11-6-15)23-14-13-21-19(22)12-7-16-3-8-17(20)9-4-16/h3-12H,2,13-14H2,1H3,(H,21,22)/b12-7+. The number of amides is 1. The second-order valence-corrected chi connectivity index (χ2v) is 5.02. The van der Waals surface area contributed by atoms with Gasteiger partial charge in [-0.25, -0.2) is 4.39 Å². The van der Waals surface area contributed by atoms with Crippen molar-refractivity contribution in [2.24, 2.45) is 0 Å². The average Bonchev–Trinajstić information content (AvgIpc) is 2.59. The summed E-state index contributed by atoms with van der Waals surface area (Å²) in [5.74, 6) is 0.285. The Labute approximate surface area is 135 Å². The zero-order valence-corrected chi connectivity index (χ0v) is 13.1. The van der Waals surface area contributed by atoms with E-state index in [4.69, 9.17) is 4.74 Å². The van der Waals surface area contributed by atoms with Crippen LogP contribution in [0.15, 0.2) is 54.6 Å². The zero-order valence-electron chi connectivity index (χ0n) is 13.1. The van der Waals surface area contributed by atoms with E-state index in [2.05, 4.69) is 12.2 Å². The molecule has 2 aromatic rings. The van der Waals surface area contributed by atoms with Crippen LogP contribution in [0.1, 0.15) is 18.1 Å². The molecule has 0 aliphatic rings. The Kier molecular flexibility index (Phi) is 6.36. The quantitative estimate of drug-likeness (QED) is 0.626. The van der Waals surface area contributed by atoms with E-state index in [0.29, 0.717) is 13.2 Å². The van der Waals surface area contributed by atoms with E-state index >= 15 is 0 Å². The Hall–Kier alpha value is -2.62. The lowest BCUT2D eigenvalue weighted by Crippen LogP contribution is -2.26. The minimum absolute atomic E-state index is 0.209. The first kappa shape index (κ1) is 16.7. The molecule has 1 N–H and O–H groups in total. The van der Waals surface area contributed by atoms with Crippen LogP contribution in [0.5, 0.6) is 5.75 Å². The molecular formula is C19H20FNO2. The third-order valence-corrected chi connectivity index (χ3v) is 3.30. The molecule has 4 heteroatoms. The lowest BCUT2D eigenvalue weighted by Gasteiger charge is -2.07. The average molecular weight is 313 g/mol. The van der Waals surface area contributed by atoms with Crippen LogP contribution in [-0.2, 0) is 11.2 Å². The van der Waals surface area contributed by atoms with Crippen LogP contribution in [0.4, 0.5) is 4.39 Å². The molecule has 0 spiro atoms. The fourth-order valence-corrected chi connectivity index (χ4v) is 1.97. The predicted octanol–water partition coefficient (Wildman–Crippen LogP) is 3.60. The number of nitrogens with one attached hydrogen (secondary N) is 1. The highest BCUT2D eigenvalue weighted by molar-refractivity contribution is 5.91. The molecule has 120 valence electrons. The third kappa shape index (κ3) is 5.94. The SMILES string of the molecule is CCc1ccc(OCCNC(=O)/C=C/c2ccc(F)cc2)cc1. The van der Waals surface area contributed by atoms with Crippen LogP contribution in [0.2, 0.25) is 0 Å². The maximum atomic E-state index is 12.8. The molecule has 0 fully saturated rings. The minimum atomic E-state index is -0.296. The van der Waals surface area contributed by atoms with Crippen molar-refractivity contribution in [3.05, 3.63) is 71.6 Å². The van der Waals surface area contributed by atoms with Crippen molar-refractivity contribution < 1.29 is 13.9 Å². The molecule has 0 saturated heterocycles. The summed E-state index contributed by atoms with van der Waals surface area (Å²) in [5.41, 5.74) is 2.03. The van der Waals surface area contributed by atoms with E-state index in [1.807, 2.05) is 24.3 Å². The van der Waals surface area contributed by atoms with Crippen molar-refractivity contribution in [3.8, 4) is 5.75 Å². The second kappa shape index (κ2) is 8.73. The van der Waals surface area contributed by atoms with Gasteiger partial charge in [0.05, 0.1) is 6.54 Å². The predicted molar refractivity (Wildman–Crippen MR) is 89.8 cm³/mol. The fourth-order valence-electron chi connectivity index (χ4n) is 1.97. The molecule has 0 unspecified atom stereocenters. The van der Waals surface area contributed by atoms with Crippen molar-refractivity contribution >= 4 is 12.0 Å². The first-order valence-corrected chi connectivity index (χ1v) is 7.60. The Bertz CT molecular complexity index is 648. The summed E-state index contributed by atoms with van der Waals surface area (Å²) < 4.78 is 18.3. The number of carbonyl (C=O) groups is 1. The summed E-state index contributed by atoms with van der Waals surface area (Å²) in [7, 11) is 0. The van der Waals surface area contributed by atoms with E-state index in [-0.39, 0.29) is 11.7 Å². The van der Waals surface area contributed by atoms with Crippen LogP contribution in [0, 0.1) is 5.82 Å². The van der Waals surface area contributed by atoms with Crippen LogP contribution in [0.3, 0.4) is 0 Å². The monoisotopic (exact) mass is 313 g/mol. The Morgan fingerprint density at radius 3 is 2.48 bits per heavy atom. The van der Waals surface area contributed by atoms with Crippen LogP contribution >= 0.6 is 0 Å². The highest BCUT2D eigenvalue weighted by Crippen LogP contribution is 2.12. The molecule has 1 amide bonds. The highest BCUT2D eigenvalue weighted by Gasteiger charge is 1.97. The summed E-state index contributed by atoms with van der Waals surface area (Å²) in [6.07, 6.45) is 4.05. The Morgan fingerprint density at radius 1 is 1.13 bits per heavy atom. The van der Waals surface area contributed by atoms with Crippen LogP contribution < -0.4 is 10.1 Å². The summed E-state index contributed by atoms with van der Waals surface area (Å²) >= 11 is 0. The molecule has 2 rings (SSSR count). The van der Waals surface area contributed by atoms with Crippen molar-refractivity contribution in [1.82, 2.24) is 5.32 Å². The van der Waals surface area contributed by atoms with Gasteiger partial charge in [0.2, 0.25) is 5.91 Å². The summed E-state index contributed by atoms with van der Waals surface area (Å²) in [4.78, 5) is 11.7. The number of carbonyl (C=O) groups excluding carboxylic acids is 1. The highest BCUT2D eigenvalue weighted by atomic mass is 19.1. The fraction of sp³-hybridized carbons (Fsp3) is 0.211. The van der Waals surface area contributed by atoms with Crippen molar-refractivity contribution in [2.45, 2.75) is 13.3 Å². The maximum Gasteiger partial charge on any atom is 0.244 e. The van der Waals surface area contributed by atoms with Gasteiger partial charge in [0.15, 0.2) is 0 Å². The number of rotatable bonds is 7. The Balaban J connectivity index is 1.68. The van der Waals surface area contributed by atoms with Crippen molar-refractivity contribution in [2.75, 3.05) is 13.2 Å². The van der Waals surface area contributed by atoms with Gasteiger partial charge >= 0.3 is 0 Å². The molecule has 0 radical (unpaired) electrons. The molecule has 0 aromatic heterocycles. The lowest BCUT2D eigenvalue weighted by atomic mass is 10.2. The first-order valence-electron chi connectivity index (χ1n) is 7.60. The van der Waals surface area contributed by atoms with Crippen molar-refractivity contribution in [3.63, 3.8) is 0 Å². The van der Waals surface area contributed by atoms with E-state index in [1.165, 1.54) is 23.8 Å². The lowest BCUT2D eigenvalue weighted by molar-refractivity contribution is -0.116. The van der Waals surface area contributed by atoms with Gasteiger partial charge in [-0.3, -0.25) is 4.79 Å². The number of ether oxygens (including phenoxy) is 1. The zero-order chi connectivity index (χ0) is 16.5. The molecule has 0 saturated carbocycles. The third-order valence-electron chi connectivity index (χ3n) is 3.30. The van der Waals surface area contributed by atoms with E-state index in [1.54, 1.807) is 18.2 Å². The van der Waals surface area contributed by atoms with Gasteiger partial charge in [-0.2, -0.15) is 0 Å².